The molecule has 0 spiro atoms. The molecule has 0 bridgehead atoms. The van der Waals surface area contributed by atoms with E-state index in [0.717, 1.165) is 23.6 Å². The van der Waals surface area contributed by atoms with E-state index in [0.29, 0.717) is 12.6 Å². The van der Waals surface area contributed by atoms with Gasteiger partial charge in [0.1, 0.15) is 5.82 Å². The number of aromatic nitrogens is 1. The average Bonchev–Trinajstić information content (AvgIpc) is 2.75. The highest BCUT2D eigenvalue weighted by Gasteiger charge is 2.23. The number of likely N-dealkylation sites (N-methyl/N-ethyl adjacent to an activating group) is 2. The molecule has 2 heterocycles. The third kappa shape index (κ3) is 2.82. The molecule has 0 aliphatic carbocycles. The molecular weight excluding hydrogens is 224 g/mol. The summed E-state index contributed by atoms with van der Waals surface area (Å²) in [7, 11) is 4.33. The molecule has 4 heteroatoms. The summed E-state index contributed by atoms with van der Waals surface area (Å²) < 4.78 is 0. The van der Waals surface area contributed by atoms with Gasteiger partial charge in [0.25, 0.3) is 0 Å². The number of hydrogen-bond donors (Lipinski definition) is 1. The second-order valence-electron chi connectivity index (χ2n) is 5.30. The highest BCUT2D eigenvalue weighted by atomic mass is 15.2. The van der Waals surface area contributed by atoms with Crippen LogP contribution in [-0.4, -0.2) is 43.1 Å². The Labute approximate surface area is 110 Å². The molecule has 1 fully saturated rings. The number of likely N-dealkylation sites (tertiary alicyclic amines) is 1. The zero-order chi connectivity index (χ0) is 13.1. The van der Waals surface area contributed by atoms with Crippen LogP contribution in [0.25, 0.3) is 0 Å². The van der Waals surface area contributed by atoms with Crippen LogP contribution in [0.5, 0.6) is 0 Å². The number of rotatable bonds is 4. The number of nitrogens with zero attached hydrogens (tertiary/aromatic N) is 3. The largest absolute Gasteiger partial charge is 0.358 e. The molecule has 1 atom stereocenters. The van der Waals surface area contributed by atoms with Crippen LogP contribution in [0.1, 0.15) is 24.1 Å². The third-order valence-electron chi connectivity index (χ3n) is 3.83. The maximum Gasteiger partial charge on any atom is 0.133 e. The quantitative estimate of drug-likeness (QED) is 0.874. The second-order valence-corrected chi connectivity index (χ2v) is 5.30. The first kappa shape index (κ1) is 13.3. The van der Waals surface area contributed by atoms with E-state index >= 15 is 0 Å². The van der Waals surface area contributed by atoms with Gasteiger partial charge >= 0.3 is 0 Å². The summed E-state index contributed by atoms with van der Waals surface area (Å²) in [5, 5.41) is 0. The van der Waals surface area contributed by atoms with Gasteiger partial charge in [-0.1, -0.05) is 6.07 Å². The molecule has 0 saturated carbocycles. The van der Waals surface area contributed by atoms with E-state index in [1.807, 2.05) is 13.0 Å². The minimum atomic E-state index is 0.549. The number of nitrogens with two attached hydrogens (primary N) is 1. The fourth-order valence-electron chi connectivity index (χ4n) is 2.67. The Balaban J connectivity index is 2.12. The molecular formula is C14H24N4. The van der Waals surface area contributed by atoms with E-state index in [4.69, 9.17) is 5.73 Å². The van der Waals surface area contributed by atoms with Crippen LogP contribution in [0.15, 0.2) is 12.1 Å². The van der Waals surface area contributed by atoms with Crippen molar-refractivity contribution < 1.29 is 0 Å². The normalized spacial score (nSPS) is 20.3. The van der Waals surface area contributed by atoms with Crippen molar-refractivity contribution in [2.45, 2.75) is 32.4 Å². The number of hydrogen-bond acceptors (Lipinski definition) is 4. The van der Waals surface area contributed by atoms with Crippen molar-refractivity contribution in [2.24, 2.45) is 5.73 Å². The highest BCUT2D eigenvalue weighted by molar-refractivity contribution is 5.47. The Kier molecular flexibility index (Phi) is 4.19. The lowest BCUT2D eigenvalue weighted by atomic mass is 10.2. The monoisotopic (exact) mass is 248 g/mol. The molecule has 1 aliphatic heterocycles. The number of pyridine rings is 1. The van der Waals surface area contributed by atoms with E-state index in [2.05, 4.69) is 34.9 Å². The lowest BCUT2D eigenvalue weighted by molar-refractivity contribution is 0.314. The Bertz CT molecular complexity index is 405. The Hall–Kier alpha value is -1.13. The lowest BCUT2D eigenvalue weighted by Gasteiger charge is -2.28. The van der Waals surface area contributed by atoms with Crippen molar-refractivity contribution in [1.29, 1.82) is 0 Å². The van der Waals surface area contributed by atoms with E-state index in [9.17, 15) is 0 Å². The fraction of sp³-hybridized carbons (Fsp3) is 0.643. The smallest absolute Gasteiger partial charge is 0.133 e. The summed E-state index contributed by atoms with van der Waals surface area (Å²) >= 11 is 0. The molecule has 1 aromatic rings. The predicted octanol–water partition coefficient (Wildman–Crippen LogP) is 1.38. The summed E-state index contributed by atoms with van der Waals surface area (Å²) in [6.07, 6.45) is 2.59. The van der Waals surface area contributed by atoms with Gasteiger partial charge in [-0.25, -0.2) is 4.98 Å². The molecule has 1 saturated heterocycles. The van der Waals surface area contributed by atoms with Gasteiger partial charge < -0.3 is 15.5 Å². The Morgan fingerprint density at radius 1 is 1.50 bits per heavy atom. The fourth-order valence-corrected chi connectivity index (χ4v) is 2.67. The lowest BCUT2D eigenvalue weighted by Crippen LogP contribution is -2.37. The molecule has 18 heavy (non-hydrogen) atoms. The van der Waals surface area contributed by atoms with Gasteiger partial charge in [-0.15, -0.1) is 0 Å². The second kappa shape index (κ2) is 5.67. The van der Waals surface area contributed by atoms with Crippen LogP contribution in [0.2, 0.25) is 0 Å². The molecule has 1 aliphatic rings. The average molecular weight is 248 g/mol. The molecule has 4 nitrogen and oxygen atoms in total. The first-order valence-corrected chi connectivity index (χ1v) is 6.69. The van der Waals surface area contributed by atoms with Crippen molar-refractivity contribution in [3.8, 4) is 0 Å². The Morgan fingerprint density at radius 3 is 2.89 bits per heavy atom. The first-order valence-electron chi connectivity index (χ1n) is 6.69. The van der Waals surface area contributed by atoms with Gasteiger partial charge in [-0.05, 0) is 39.4 Å². The first-order chi connectivity index (χ1) is 8.61. The summed E-state index contributed by atoms with van der Waals surface area (Å²) in [5.41, 5.74) is 7.98. The van der Waals surface area contributed by atoms with Crippen molar-refractivity contribution in [3.63, 3.8) is 0 Å². The van der Waals surface area contributed by atoms with Crippen LogP contribution in [0.3, 0.4) is 0 Å². The van der Waals surface area contributed by atoms with E-state index in [1.165, 1.54) is 19.4 Å². The maximum absolute atomic E-state index is 5.80. The van der Waals surface area contributed by atoms with Gasteiger partial charge in [0, 0.05) is 37.4 Å². The zero-order valence-electron chi connectivity index (χ0n) is 11.7. The number of aryl methyl sites for hydroxylation is 1. The van der Waals surface area contributed by atoms with Gasteiger partial charge in [0.2, 0.25) is 0 Å². The van der Waals surface area contributed by atoms with Crippen LogP contribution >= 0.6 is 0 Å². The summed E-state index contributed by atoms with van der Waals surface area (Å²) in [5.74, 6) is 1.04. The van der Waals surface area contributed by atoms with Crippen LogP contribution in [-0.2, 0) is 6.54 Å². The van der Waals surface area contributed by atoms with E-state index < -0.39 is 0 Å². The Morgan fingerprint density at radius 2 is 2.28 bits per heavy atom. The van der Waals surface area contributed by atoms with Crippen LogP contribution < -0.4 is 10.6 Å². The van der Waals surface area contributed by atoms with Crippen LogP contribution in [0, 0.1) is 6.92 Å². The van der Waals surface area contributed by atoms with Crippen molar-refractivity contribution in [1.82, 2.24) is 9.88 Å². The van der Waals surface area contributed by atoms with Crippen molar-refractivity contribution >= 4 is 5.82 Å². The van der Waals surface area contributed by atoms with Gasteiger partial charge in [0.05, 0.1) is 0 Å². The van der Waals surface area contributed by atoms with Gasteiger partial charge in [-0.3, -0.25) is 0 Å². The summed E-state index contributed by atoms with van der Waals surface area (Å²) in [4.78, 5) is 9.33. The molecule has 2 rings (SSSR count). The van der Waals surface area contributed by atoms with Gasteiger partial charge in [-0.2, -0.15) is 0 Å². The molecule has 2 N–H and O–H groups in total. The van der Waals surface area contributed by atoms with E-state index in [1.54, 1.807) is 0 Å². The van der Waals surface area contributed by atoms with E-state index in [-0.39, 0.29) is 0 Å². The molecule has 0 radical (unpaired) electrons. The highest BCUT2D eigenvalue weighted by Crippen LogP contribution is 2.21. The SMILES string of the molecule is Cc1ccc(CN)c(N(C)CC2CCCN2C)n1. The topological polar surface area (TPSA) is 45.4 Å². The minimum absolute atomic E-state index is 0.549. The number of anilines is 1. The minimum Gasteiger partial charge on any atom is -0.358 e. The predicted molar refractivity (Wildman–Crippen MR) is 75.8 cm³/mol. The standard InChI is InChI=1S/C14H24N4/c1-11-6-7-12(9-15)14(16-11)18(3)10-13-5-4-8-17(13)2/h6-7,13H,4-5,8-10,15H2,1-3H3. The summed E-state index contributed by atoms with van der Waals surface area (Å²) in [6, 6.07) is 4.76. The molecule has 1 aromatic heterocycles. The van der Waals surface area contributed by atoms with Crippen molar-refractivity contribution in [3.05, 3.63) is 23.4 Å². The maximum atomic E-state index is 5.80. The summed E-state index contributed by atoms with van der Waals surface area (Å²) in [6.45, 7) is 4.82. The molecule has 100 valence electrons. The van der Waals surface area contributed by atoms with Crippen LogP contribution in [0.4, 0.5) is 5.82 Å². The molecule has 1 unspecified atom stereocenters. The van der Waals surface area contributed by atoms with Gasteiger partial charge in [0.15, 0.2) is 0 Å². The zero-order valence-corrected chi connectivity index (χ0v) is 11.7. The molecule has 0 aromatic carbocycles. The third-order valence-corrected chi connectivity index (χ3v) is 3.83. The molecule has 0 amide bonds. The van der Waals surface area contributed by atoms with Crippen molar-refractivity contribution in [2.75, 3.05) is 32.1 Å².